The van der Waals surface area contributed by atoms with Crippen LogP contribution in [0.3, 0.4) is 0 Å². The van der Waals surface area contributed by atoms with E-state index >= 15 is 0 Å². The maximum absolute atomic E-state index is 12.7. The van der Waals surface area contributed by atoms with Gasteiger partial charge in [-0.25, -0.2) is 0 Å². The smallest absolute Gasteiger partial charge is 0.327 e. The first-order chi connectivity index (χ1) is 16.5. The number of fused-ring (bicyclic) bond motifs is 1. The Morgan fingerprint density at radius 1 is 0.853 bits per heavy atom. The second kappa shape index (κ2) is 8.85. The molecule has 34 heavy (non-hydrogen) atoms. The Bertz CT molecular complexity index is 1210. The van der Waals surface area contributed by atoms with E-state index in [9.17, 15) is 19.5 Å². The van der Waals surface area contributed by atoms with Crippen LogP contribution in [0.5, 0.6) is 0 Å². The normalized spacial score (nSPS) is 25.7. The molecule has 7 nitrogen and oxygen atoms in total. The summed E-state index contributed by atoms with van der Waals surface area (Å²) in [7, 11) is 0. The number of amides is 2. The number of ether oxygens (including phenoxy) is 1. The van der Waals surface area contributed by atoms with E-state index in [0.717, 1.165) is 22.3 Å². The van der Waals surface area contributed by atoms with Crippen molar-refractivity contribution in [1.82, 2.24) is 10.6 Å². The summed E-state index contributed by atoms with van der Waals surface area (Å²) < 4.78 is 5.79. The molecule has 2 saturated heterocycles. The largest absolute Gasteiger partial charge is 0.480 e. The summed E-state index contributed by atoms with van der Waals surface area (Å²) in [6.45, 7) is -0.0569. The maximum Gasteiger partial charge on any atom is 0.327 e. The Morgan fingerprint density at radius 2 is 1.47 bits per heavy atom. The Kier molecular flexibility index (Phi) is 5.73. The number of aliphatic carboxylic acids is 1. The molecule has 4 atom stereocenters. The van der Waals surface area contributed by atoms with Crippen molar-refractivity contribution in [3.8, 4) is 11.1 Å². The lowest BCUT2D eigenvalue weighted by Gasteiger charge is -2.29. The molecule has 2 fully saturated rings. The first kappa shape index (κ1) is 22.0. The summed E-state index contributed by atoms with van der Waals surface area (Å²) >= 11 is 0. The van der Waals surface area contributed by atoms with Crippen LogP contribution in [0.1, 0.15) is 17.2 Å². The molecule has 7 heteroatoms. The fraction of sp³-hybridized carbons (Fsp3) is 0.222. The monoisotopic (exact) mass is 456 g/mol. The minimum Gasteiger partial charge on any atom is -0.480 e. The molecule has 2 aliphatic rings. The molecule has 0 spiro atoms. The molecule has 2 aliphatic heterocycles. The molecular formula is C27H24N2O5. The molecular weight excluding hydrogens is 432 g/mol. The molecule has 4 unspecified atom stereocenters. The Balaban J connectivity index is 1.44. The lowest BCUT2D eigenvalue weighted by molar-refractivity contribution is -0.152. The highest BCUT2D eigenvalue weighted by Gasteiger charge is 2.66. The van der Waals surface area contributed by atoms with Gasteiger partial charge in [-0.3, -0.25) is 25.0 Å². The number of carbonyl (C=O) groups is 3. The quantitative estimate of drug-likeness (QED) is 0.472. The molecule has 0 saturated carbocycles. The summed E-state index contributed by atoms with van der Waals surface area (Å²) in [5, 5.41) is 15.7. The van der Waals surface area contributed by atoms with E-state index in [1.54, 1.807) is 0 Å². The molecule has 0 bridgehead atoms. The van der Waals surface area contributed by atoms with Crippen LogP contribution < -0.4 is 10.6 Å². The highest BCUT2D eigenvalue weighted by atomic mass is 16.5. The van der Waals surface area contributed by atoms with Crippen LogP contribution in [-0.4, -0.2) is 35.0 Å². The van der Waals surface area contributed by atoms with E-state index in [1.165, 1.54) is 0 Å². The van der Waals surface area contributed by atoms with Gasteiger partial charge in [-0.1, -0.05) is 84.9 Å². The summed E-state index contributed by atoms with van der Waals surface area (Å²) in [4.78, 5) is 38.0. The van der Waals surface area contributed by atoms with Gasteiger partial charge in [0.05, 0.1) is 25.0 Å². The maximum atomic E-state index is 12.7. The van der Waals surface area contributed by atoms with Gasteiger partial charge in [-0.2, -0.15) is 0 Å². The number of carboxylic acids is 1. The fourth-order valence-electron chi connectivity index (χ4n) is 5.02. The zero-order chi connectivity index (χ0) is 23.7. The van der Waals surface area contributed by atoms with Gasteiger partial charge >= 0.3 is 5.97 Å². The van der Waals surface area contributed by atoms with Crippen LogP contribution in [0.15, 0.2) is 84.9 Å². The lowest BCUT2D eigenvalue weighted by atomic mass is 9.79. The predicted molar refractivity (Wildman–Crippen MR) is 124 cm³/mol. The average Bonchev–Trinajstić information content (AvgIpc) is 3.37. The number of imide groups is 1. The number of hydrogen-bond acceptors (Lipinski definition) is 5. The van der Waals surface area contributed by atoms with Crippen molar-refractivity contribution in [2.75, 3.05) is 6.61 Å². The summed E-state index contributed by atoms with van der Waals surface area (Å²) in [6.07, 6.45) is 0. The fourth-order valence-corrected chi connectivity index (χ4v) is 5.02. The zero-order valence-electron chi connectivity index (χ0n) is 18.3. The molecule has 3 aromatic carbocycles. The van der Waals surface area contributed by atoms with Crippen molar-refractivity contribution < 1.29 is 24.2 Å². The highest BCUT2D eigenvalue weighted by molar-refractivity contribution is 6.09. The second-order valence-electron chi connectivity index (χ2n) is 8.72. The molecule has 2 heterocycles. The first-order valence-corrected chi connectivity index (χ1v) is 11.1. The van der Waals surface area contributed by atoms with Gasteiger partial charge in [0, 0.05) is 6.04 Å². The van der Waals surface area contributed by atoms with Crippen molar-refractivity contribution in [3.63, 3.8) is 0 Å². The minimum atomic E-state index is -1.72. The van der Waals surface area contributed by atoms with Gasteiger partial charge in [0.1, 0.15) is 0 Å². The number of benzene rings is 3. The standard InChI is InChI=1S/C27H24N2O5/c30-24-21-22(25(31)28-24)27(26(32)33,16-34-15-17-7-3-1-4-8-17)29-23(21)20-13-11-19(12-14-20)18-9-5-2-6-10-18/h1-14,21-23,29H,15-16H2,(H,32,33)(H,28,30,31). The van der Waals surface area contributed by atoms with Crippen molar-refractivity contribution in [1.29, 1.82) is 0 Å². The van der Waals surface area contributed by atoms with Gasteiger partial charge in [0.25, 0.3) is 0 Å². The molecule has 0 aliphatic carbocycles. The molecule has 2 amide bonds. The number of rotatable bonds is 7. The van der Waals surface area contributed by atoms with Crippen molar-refractivity contribution in [2.45, 2.75) is 18.2 Å². The SMILES string of the molecule is O=C1NC(=O)C2C1C(c1ccc(-c3ccccc3)cc1)NC2(COCc1ccccc1)C(=O)O. The van der Waals surface area contributed by atoms with Crippen molar-refractivity contribution in [2.24, 2.45) is 11.8 Å². The van der Waals surface area contributed by atoms with Crippen LogP contribution >= 0.6 is 0 Å². The Hall–Kier alpha value is -3.81. The molecule has 3 N–H and O–H groups in total. The lowest BCUT2D eigenvalue weighted by Crippen LogP contribution is -2.58. The van der Waals surface area contributed by atoms with E-state index < -0.39 is 41.2 Å². The minimum absolute atomic E-state index is 0.195. The Morgan fingerprint density at radius 3 is 2.12 bits per heavy atom. The van der Waals surface area contributed by atoms with Crippen LogP contribution in [0.4, 0.5) is 0 Å². The van der Waals surface area contributed by atoms with E-state index in [-0.39, 0.29) is 13.2 Å². The van der Waals surface area contributed by atoms with Crippen molar-refractivity contribution >= 4 is 17.8 Å². The third-order valence-electron chi connectivity index (χ3n) is 6.69. The molecule has 0 radical (unpaired) electrons. The van der Waals surface area contributed by atoms with E-state index in [4.69, 9.17) is 4.74 Å². The van der Waals surface area contributed by atoms with Gasteiger partial charge in [-0.05, 0) is 22.3 Å². The van der Waals surface area contributed by atoms with Gasteiger partial charge < -0.3 is 9.84 Å². The topological polar surface area (TPSA) is 105 Å². The summed E-state index contributed by atoms with van der Waals surface area (Å²) in [5.41, 5.74) is 1.96. The van der Waals surface area contributed by atoms with Crippen LogP contribution in [0, 0.1) is 11.8 Å². The van der Waals surface area contributed by atoms with Gasteiger partial charge in [-0.15, -0.1) is 0 Å². The summed E-state index contributed by atoms with van der Waals surface area (Å²) in [5.74, 6) is -4.19. The van der Waals surface area contributed by atoms with Crippen molar-refractivity contribution in [3.05, 3.63) is 96.1 Å². The number of carbonyl (C=O) groups excluding carboxylic acids is 2. The van der Waals surface area contributed by atoms with E-state index in [1.807, 2.05) is 84.9 Å². The highest BCUT2D eigenvalue weighted by Crippen LogP contribution is 2.46. The zero-order valence-corrected chi connectivity index (χ0v) is 18.3. The predicted octanol–water partition coefficient (Wildman–Crippen LogP) is 2.93. The second-order valence-corrected chi connectivity index (χ2v) is 8.72. The van der Waals surface area contributed by atoms with E-state index in [0.29, 0.717) is 0 Å². The number of nitrogens with one attached hydrogen (secondary N) is 2. The van der Waals surface area contributed by atoms with E-state index in [2.05, 4.69) is 10.6 Å². The van der Waals surface area contributed by atoms with Gasteiger partial charge in [0.15, 0.2) is 5.54 Å². The average molecular weight is 456 g/mol. The Labute approximate surface area is 196 Å². The third kappa shape index (κ3) is 3.79. The molecule has 3 aromatic rings. The third-order valence-corrected chi connectivity index (χ3v) is 6.69. The van der Waals surface area contributed by atoms with Crippen LogP contribution in [-0.2, 0) is 25.7 Å². The number of hydrogen-bond donors (Lipinski definition) is 3. The molecule has 5 rings (SSSR count). The van der Waals surface area contributed by atoms with Gasteiger partial charge in [0.2, 0.25) is 11.8 Å². The van der Waals surface area contributed by atoms with Crippen LogP contribution in [0.2, 0.25) is 0 Å². The summed E-state index contributed by atoms with van der Waals surface area (Å²) in [6, 6.07) is 26.2. The molecule has 172 valence electrons. The number of carboxylic acid groups (broad SMARTS) is 1. The van der Waals surface area contributed by atoms with Crippen LogP contribution in [0.25, 0.3) is 11.1 Å². The first-order valence-electron chi connectivity index (χ1n) is 11.1. The molecule has 0 aromatic heterocycles.